The van der Waals surface area contributed by atoms with Crippen LogP contribution in [-0.4, -0.2) is 29.1 Å². The molecule has 0 spiro atoms. The second-order valence-corrected chi connectivity index (χ2v) is 11.1. The molecule has 1 atom stereocenters. The van der Waals surface area contributed by atoms with E-state index in [0.717, 1.165) is 0 Å². The molecule has 0 aromatic heterocycles. The Hall–Kier alpha value is -0.660. The van der Waals surface area contributed by atoms with Gasteiger partial charge in [0.25, 0.3) is 0 Å². The highest BCUT2D eigenvalue weighted by Gasteiger charge is 2.24. The highest BCUT2D eigenvalue weighted by molar-refractivity contribution is 4.97. The van der Waals surface area contributed by atoms with Crippen LogP contribution in [0.2, 0.25) is 0 Å². The fourth-order valence-corrected chi connectivity index (χ4v) is 5.48. The lowest BCUT2D eigenvalue weighted by atomic mass is 10.0. The van der Waals surface area contributed by atoms with Gasteiger partial charge in [-0.1, -0.05) is 149 Å². The predicted octanol–water partition coefficient (Wildman–Crippen LogP) is 10.8. The first-order chi connectivity index (χ1) is 16.8. The number of rotatable bonds is 26. The van der Waals surface area contributed by atoms with E-state index in [9.17, 15) is 0 Å². The molecule has 0 bridgehead atoms. The molecular formula is C32H64N2. The number of hydrogen-bond donors (Lipinski definition) is 0. The molecule has 1 unspecified atom stereocenters. The summed E-state index contributed by atoms with van der Waals surface area (Å²) in [6.07, 6.45) is 39.5. The van der Waals surface area contributed by atoms with E-state index in [0.29, 0.717) is 6.17 Å². The van der Waals surface area contributed by atoms with Crippen molar-refractivity contribution in [2.24, 2.45) is 0 Å². The SMILES string of the molecule is CCCCCCCCCCCCCCCC1N(CCCCCC)C=CN1CCCCCCCC. The minimum Gasteiger partial charge on any atom is -0.356 e. The van der Waals surface area contributed by atoms with Crippen LogP contribution >= 0.6 is 0 Å². The minimum atomic E-state index is 0.643. The molecule has 2 nitrogen and oxygen atoms in total. The zero-order valence-electron chi connectivity index (χ0n) is 24.0. The molecule has 202 valence electrons. The van der Waals surface area contributed by atoms with E-state index in [1.807, 2.05) is 0 Å². The molecule has 0 radical (unpaired) electrons. The van der Waals surface area contributed by atoms with Crippen molar-refractivity contribution in [3.63, 3.8) is 0 Å². The standard InChI is InChI=1S/C32H64N2/c1-4-7-10-13-15-16-17-18-19-20-21-22-24-27-32-33(28-25-12-9-6-3)30-31-34(32)29-26-23-14-11-8-5-2/h30-32H,4-29H2,1-3H3. The largest absolute Gasteiger partial charge is 0.356 e. The van der Waals surface area contributed by atoms with Crippen molar-refractivity contribution < 1.29 is 0 Å². The summed E-state index contributed by atoms with van der Waals surface area (Å²) < 4.78 is 0. The van der Waals surface area contributed by atoms with Gasteiger partial charge >= 0.3 is 0 Å². The van der Waals surface area contributed by atoms with Crippen molar-refractivity contribution in [1.29, 1.82) is 0 Å². The fourth-order valence-electron chi connectivity index (χ4n) is 5.48. The first-order valence-electron chi connectivity index (χ1n) is 16.0. The maximum absolute atomic E-state index is 2.68. The Kier molecular flexibility index (Phi) is 22.2. The second kappa shape index (κ2) is 24.1. The molecule has 0 N–H and O–H groups in total. The van der Waals surface area contributed by atoms with E-state index in [2.05, 4.69) is 43.0 Å². The third-order valence-electron chi connectivity index (χ3n) is 7.82. The molecule has 0 fully saturated rings. The van der Waals surface area contributed by atoms with Gasteiger partial charge in [0.1, 0.15) is 6.17 Å². The van der Waals surface area contributed by atoms with E-state index in [4.69, 9.17) is 0 Å². The molecule has 0 saturated heterocycles. The summed E-state index contributed by atoms with van der Waals surface area (Å²) in [5, 5.41) is 0. The molecule has 2 heteroatoms. The first-order valence-corrected chi connectivity index (χ1v) is 16.0. The zero-order valence-corrected chi connectivity index (χ0v) is 24.0. The van der Waals surface area contributed by atoms with Gasteiger partial charge in [-0.15, -0.1) is 0 Å². The van der Waals surface area contributed by atoms with Gasteiger partial charge in [0.05, 0.1) is 0 Å². The Bertz CT molecular complexity index is 433. The van der Waals surface area contributed by atoms with Crippen LogP contribution < -0.4 is 0 Å². The Morgan fingerprint density at radius 1 is 0.382 bits per heavy atom. The number of unbranched alkanes of at least 4 members (excludes halogenated alkanes) is 20. The van der Waals surface area contributed by atoms with Gasteiger partial charge in [0.15, 0.2) is 0 Å². The molecular weight excluding hydrogens is 412 g/mol. The maximum atomic E-state index is 2.68. The van der Waals surface area contributed by atoms with Crippen LogP contribution in [0.5, 0.6) is 0 Å². The van der Waals surface area contributed by atoms with E-state index < -0.39 is 0 Å². The number of nitrogens with zero attached hydrogens (tertiary/aromatic N) is 2. The van der Waals surface area contributed by atoms with Gasteiger partial charge in [0.2, 0.25) is 0 Å². The quantitative estimate of drug-likeness (QED) is 0.114. The van der Waals surface area contributed by atoms with Crippen molar-refractivity contribution in [3.05, 3.63) is 12.4 Å². The van der Waals surface area contributed by atoms with Gasteiger partial charge in [-0.2, -0.15) is 0 Å². The van der Waals surface area contributed by atoms with Gasteiger partial charge in [-0.3, -0.25) is 0 Å². The van der Waals surface area contributed by atoms with E-state index in [-0.39, 0.29) is 0 Å². The molecule has 1 aliphatic rings. The first kappa shape index (κ1) is 31.4. The van der Waals surface area contributed by atoms with Crippen LogP contribution in [0.15, 0.2) is 12.4 Å². The highest BCUT2D eigenvalue weighted by atomic mass is 15.4. The molecule has 1 heterocycles. The van der Waals surface area contributed by atoms with Crippen molar-refractivity contribution in [2.45, 2.75) is 181 Å². The van der Waals surface area contributed by atoms with Crippen LogP contribution in [0, 0.1) is 0 Å². The lowest BCUT2D eigenvalue weighted by molar-refractivity contribution is 0.135. The molecule has 1 aliphatic heterocycles. The molecule has 0 aromatic carbocycles. The molecule has 1 rings (SSSR count). The van der Waals surface area contributed by atoms with Gasteiger partial charge in [-0.05, 0) is 25.7 Å². The average Bonchev–Trinajstić information content (AvgIpc) is 3.23. The summed E-state index contributed by atoms with van der Waals surface area (Å²) in [4.78, 5) is 5.35. The molecule has 0 saturated carbocycles. The molecule has 0 aromatic rings. The fraction of sp³-hybridized carbons (Fsp3) is 0.938. The summed E-state index contributed by atoms with van der Waals surface area (Å²) in [7, 11) is 0. The monoisotopic (exact) mass is 477 g/mol. The van der Waals surface area contributed by atoms with E-state index in [1.165, 1.54) is 167 Å². The highest BCUT2D eigenvalue weighted by Crippen LogP contribution is 2.24. The zero-order chi connectivity index (χ0) is 24.5. The second-order valence-electron chi connectivity index (χ2n) is 11.1. The summed E-state index contributed by atoms with van der Waals surface area (Å²) in [6.45, 7) is 9.45. The topological polar surface area (TPSA) is 6.48 Å². The minimum absolute atomic E-state index is 0.643. The van der Waals surface area contributed by atoms with Crippen LogP contribution in [0.3, 0.4) is 0 Å². The third kappa shape index (κ3) is 16.9. The van der Waals surface area contributed by atoms with Crippen LogP contribution in [0.4, 0.5) is 0 Å². The lowest BCUT2D eigenvalue weighted by Crippen LogP contribution is -2.39. The summed E-state index contributed by atoms with van der Waals surface area (Å²) in [5.74, 6) is 0. The normalized spacial score (nSPS) is 15.7. The summed E-state index contributed by atoms with van der Waals surface area (Å²) >= 11 is 0. The Labute approximate surface area is 216 Å². The molecule has 0 aliphatic carbocycles. The Balaban J connectivity index is 2.16. The van der Waals surface area contributed by atoms with Crippen molar-refractivity contribution in [3.8, 4) is 0 Å². The van der Waals surface area contributed by atoms with E-state index in [1.54, 1.807) is 0 Å². The lowest BCUT2D eigenvalue weighted by Gasteiger charge is -2.33. The van der Waals surface area contributed by atoms with E-state index >= 15 is 0 Å². The van der Waals surface area contributed by atoms with Crippen LogP contribution in [0.25, 0.3) is 0 Å². The summed E-state index contributed by atoms with van der Waals surface area (Å²) in [6, 6.07) is 0. The van der Waals surface area contributed by atoms with Crippen molar-refractivity contribution >= 4 is 0 Å². The number of hydrogen-bond acceptors (Lipinski definition) is 2. The van der Waals surface area contributed by atoms with Crippen molar-refractivity contribution in [1.82, 2.24) is 9.80 Å². The Morgan fingerprint density at radius 3 is 1.06 bits per heavy atom. The molecule has 34 heavy (non-hydrogen) atoms. The summed E-state index contributed by atoms with van der Waals surface area (Å²) in [5.41, 5.74) is 0. The maximum Gasteiger partial charge on any atom is 0.101 e. The Morgan fingerprint density at radius 2 is 0.676 bits per heavy atom. The van der Waals surface area contributed by atoms with Crippen molar-refractivity contribution in [2.75, 3.05) is 13.1 Å². The van der Waals surface area contributed by atoms with Gasteiger partial charge in [-0.25, -0.2) is 0 Å². The smallest absolute Gasteiger partial charge is 0.101 e. The van der Waals surface area contributed by atoms with Gasteiger partial charge < -0.3 is 9.80 Å². The van der Waals surface area contributed by atoms with Crippen LogP contribution in [0.1, 0.15) is 175 Å². The average molecular weight is 477 g/mol. The predicted molar refractivity (Wildman–Crippen MR) is 154 cm³/mol. The molecule has 0 amide bonds. The van der Waals surface area contributed by atoms with Crippen LogP contribution in [-0.2, 0) is 0 Å². The third-order valence-corrected chi connectivity index (χ3v) is 7.82. The van der Waals surface area contributed by atoms with Gasteiger partial charge in [0, 0.05) is 25.5 Å².